The number of anilines is 1. The van der Waals surface area contributed by atoms with E-state index >= 15 is 4.39 Å². The summed E-state index contributed by atoms with van der Waals surface area (Å²) in [6.45, 7) is 0.969. The van der Waals surface area contributed by atoms with Crippen LogP contribution in [0.15, 0.2) is 30.5 Å². The minimum absolute atomic E-state index is 0.128. The minimum Gasteiger partial charge on any atom is -0.479 e. The molecule has 0 spiro atoms. The molecule has 0 aliphatic carbocycles. The van der Waals surface area contributed by atoms with E-state index in [4.69, 9.17) is 10.8 Å². The van der Waals surface area contributed by atoms with Crippen LogP contribution in [0, 0.1) is 0 Å². The molecular weight excluding hydrogens is 458 g/mol. The molecule has 2 atom stereocenters. The van der Waals surface area contributed by atoms with Crippen LogP contribution in [-0.2, 0) is 11.3 Å². The molecule has 3 aromatic heterocycles. The van der Waals surface area contributed by atoms with Gasteiger partial charge in [-0.25, -0.2) is 18.0 Å². The van der Waals surface area contributed by atoms with Gasteiger partial charge in [-0.2, -0.15) is 4.98 Å². The number of hydrogen-bond acceptors (Lipinski definition) is 8. The molecule has 4 aromatic rings. The number of alkyl halides is 2. The highest BCUT2D eigenvalue weighted by molar-refractivity contribution is 5.89. The number of likely N-dealkylation sites (tertiary alicyclic amines) is 1. The van der Waals surface area contributed by atoms with Crippen molar-refractivity contribution in [1.82, 2.24) is 34.5 Å². The summed E-state index contributed by atoms with van der Waals surface area (Å²) in [5, 5.41) is 15.8. The lowest BCUT2D eigenvalue weighted by Gasteiger charge is -2.42. The average Bonchev–Trinajstić information content (AvgIpc) is 3.47. The molecule has 2 fully saturated rings. The maximum Gasteiger partial charge on any atom is 0.244 e. The fourth-order valence-corrected chi connectivity index (χ4v) is 4.70. The van der Waals surface area contributed by atoms with Crippen LogP contribution >= 0.6 is 0 Å². The number of ether oxygens (including phenoxy) is 2. The van der Waals surface area contributed by atoms with Crippen molar-refractivity contribution in [2.45, 2.75) is 31.2 Å². The lowest BCUT2D eigenvalue weighted by Crippen LogP contribution is -2.57. The van der Waals surface area contributed by atoms with Crippen LogP contribution in [0.5, 0.6) is 5.88 Å². The number of aromatic nitrogens is 6. The summed E-state index contributed by atoms with van der Waals surface area (Å²) in [4.78, 5) is 6.36. The van der Waals surface area contributed by atoms with Gasteiger partial charge in [0.25, 0.3) is 0 Å². The molecule has 0 bridgehead atoms. The number of fused-ring (bicyclic) bond motifs is 2. The molecule has 0 radical (unpaired) electrons. The number of halogens is 2. The lowest BCUT2D eigenvalue weighted by molar-refractivity contribution is -0.0794. The lowest BCUT2D eigenvalue weighted by atomic mass is 10.0. The van der Waals surface area contributed by atoms with Crippen LogP contribution in [0.2, 0.25) is 0 Å². The first kappa shape index (κ1) is 20.9. The standard InChI is InChI=1S/C23H26F2N8O2/c1-34-22-21-16(14-2-3-19-20(10-14)32(9-6-24)30-28-19)4-8-33(21)29-23(27-22)26-18-5-7-31(11-17(18)25)15-12-35-13-15/h2-4,8,10,15,17-18H,5-7,9,11-13H2,1H3,(H,26,29)/t17-,18+/m0/s1/i15D. The molecule has 6 rings (SSSR count). The Balaban J connectivity index is 1.27. The van der Waals surface area contributed by atoms with Crippen molar-refractivity contribution in [1.29, 1.82) is 0 Å². The van der Waals surface area contributed by atoms with Crippen LogP contribution in [0.25, 0.3) is 27.7 Å². The van der Waals surface area contributed by atoms with Crippen molar-refractivity contribution in [2.75, 3.05) is 45.4 Å². The van der Waals surface area contributed by atoms with Crippen molar-refractivity contribution in [3.05, 3.63) is 30.5 Å². The molecule has 12 heteroatoms. The highest BCUT2D eigenvalue weighted by atomic mass is 19.1. The molecule has 5 heterocycles. The van der Waals surface area contributed by atoms with Crippen molar-refractivity contribution in [3.63, 3.8) is 0 Å². The molecule has 0 amide bonds. The van der Waals surface area contributed by atoms with E-state index in [1.807, 2.05) is 29.2 Å². The maximum atomic E-state index is 15.0. The minimum atomic E-state index is -1.18. The van der Waals surface area contributed by atoms with E-state index in [0.717, 1.165) is 16.6 Å². The second kappa shape index (κ2) is 9.00. The summed E-state index contributed by atoms with van der Waals surface area (Å²) in [6, 6.07) is 6.24. The van der Waals surface area contributed by atoms with E-state index < -0.39 is 24.9 Å². The highest BCUT2D eigenvalue weighted by Gasteiger charge is 2.35. The van der Waals surface area contributed by atoms with Gasteiger partial charge in [0, 0.05) is 24.8 Å². The van der Waals surface area contributed by atoms with Crippen molar-refractivity contribution >= 4 is 22.5 Å². The normalized spacial score (nSPS) is 22.8. The molecule has 0 unspecified atom stereocenters. The number of benzene rings is 1. The topological polar surface area (TPSA) is 94.6 Å². The van der Waals surface area contributed by atoms with Gasteiger partial charge in [-0.1, -0.05) is 11.3 Å². The third kappa shape index (κ3) is 3.96. The van der Waals surface area contributed by atoms with Gasteiger partial charge >= 0.3 is 0 Å². The first-order chi connectivity index (χ1) is 17.5. The SMILES string of the molecule is [2H]C1(N2CC[C@@H](Nc3nc(OC)c4c(-c5ccc6nnn(CCF)c6c5)ccn4n3)[C@@H](F)C2)COC1. The van der Waals surface area contributed by atoms with Gasteiger partial charge in [-0.15, -0.1) is 10.2 Å². The van der Waals surface area contributed by atoms with Crippen molar-refractivity contribution in [2.24, 2.45) is 0 Å². The molecule has 35 heavy (non-hydrogen) atoms. The van der Waals surface area contributed by atoms with Gasteiger partial charge in [0.2, 0.25) is 11.8 Å². The van der Waals surface area contributed by atoms with E-state index in [9.17, 15) is 4.39 Å². The summed E-state index contributed by atoms with van der Waals surface area (Å²) in [5.41, 5.74) is 3.74. The van der Waals surface area contributed by atoms with Crippen molar-refractivity contribution < 1.29 is 19.6 Å². The first-order valence-electron chi connectivity index (χ1n) is 12.1. The number of nitrogens with zero attached hydrogens (tertiary/aromatic N) is 7. The number of methoxy groups -OCH3 is 1. The third-order valence-corrected chi connectivity index (χ3v) is 6.63. The van der Waals surface area contributed by atoms with Crippen LogP contribution in [-0.4, -0.2) is 92.8 Å². The molecule has 2 aliphatic rings. The van der Waals surface area contributed by atoms with E-state index in [-0.39, 0.29) is 19.0 Å². The van der Waals surface area contributed by atoms with Crippen LogP contribution in [0.3, 0.4) is 0 Å². The average molecular weight is 486 g/mol. The van der Waals surface area contributed by atoms with Crippen molar-refractivity contribution in [3.8, 4) is 17.0 Å². The largest absolute Gasteiger partial charge is 0.479 e. The van der Waals surface area contributed by atoms with Gasteiger partial charge < -0.3 is 14.8 Å². The Labute approximate surface area is 201 Å². The molecule has 2 saturated heterocycles. The maximum absolute atomic E-state index is 15.0. The zero-order valence-electron chi connectivity index (χ0n) is 20.2. The Morgan fingerprint density at radius 1 is 1.31 bits per heavy atom. The summed E-state index contributed by atoms with van der Waals surface area (Å²) < 4.78 is 50.2. The number of hydrogen-bond donors (Lipinski definition) is 1. The summed E-state index contributed by atoms with van der Waals surface area (Å²) in [6.07, 6.45) is 1.13. The summed E-state index contributed by atoms with van der Waals surface area (Å²) >= 11 is 0. The Hall–Kier alpha value is -3.38. The van der Waals surface area contributed by atoms with E-state index in [1.54, 1.807) is 10.7 Å². The van der Waals surface area contributed by atoms with Gasteiger partial charge in [0.15, 0.2) is 0 Å². The van der Waals surface area contributed by atoms with Crippen LogP contribution in [0.1, 0.15) is 7.79 Å². The predicted octanol–water partition coefficient (Wildman–Crippen LogP) is 2.34. The number of rotatable bonds is 7. The molecule has 2 aliphatic heterocycles. The molecule has 1 N–H and O–H groups in total. The van der Waals surface area contributed by atoms with E-state index in [0.29, 0.717) is 43.1 Å². The predicted molar refractivity (Wildman–Crippen MR) is 125 cm³/mol. The molecule has 0 saturated carbocycles. The molecule has 1 aromatic carbocycles. The van der Waals surface area contributed by atoms with Crippen LogP contribution < -0.4 is 10.1 Å². The fraction of sp³-hybridized carbons (Fsp3) is 0.478. The second-order valence-corrected chi connectivity index (χ2v) is 8.73. The van der Waals surface area contributed by atoms with Gasteiger partial charge in [-0.05, 0) is 30.2 Å². The Bertz CT molecular complexity index is 1410. The van der Waals surface area contributed by atoms with Gasteiger partial charge in [0.05, 0.1) is 45.8 Å². The van der Waals surface area contributed by atoms with E-state index in [2.05, 4.69) is 25.7 Å². The zero-order chi connectivity index (χ0) is 24.9. The Morgan fingerprint density at radius 3 is 2.94 bits per heavy atom. The molecular formula is C23H26F2N8O2. The molecule has 10 nitrogen and oxygen atoms in total. The monoisotopic (exact) mass is 485 g/mol. The smallest absolute Gasteiger partial charge is 0.244 e. The van der Waals surface area contributed by atoms with Gasteiger partial charge in [0.1, 0.15) is 23.9 Å². The molecule has 184 valence electrons. The fourth-order valence-electron chi connectivity index (χ4n) is 4.70. The van der Waals surface area contributed by atoms with Crippen LogP contribution in [0.4, 0.5) is 14.7 Å². The number of aryl methyl sites for hydroxylation is 1. The Morgan fingerprint density at radius 2 is 2.20 bits per heavy atom. The number of nitrogens with one attached hydrogen (secondary N) is 1. The zero-order valence-corrected chi connectivity index (χ0v) is 19.2. The Kier molecular flexibility index (Phi) is 5.39. The quantitative estimate of drug-likeness (QED) is 0.426. The summed E-state index contributed by atoms with van der Waals surface area (Å²) in [5.74, 6) is 0.600. The summed E-state index contributed by atoms with van der Waals surface area (Å²) in [7, 11) is 1.52. The highest BCUT2D eigenvalue weighted by Crippen LogP contribution is 2.33. The van der Waals surface area contributed by atoms with E-state index in [1.165, 1.54) is 11.8 Å². The third-order valence-electron chi connectivity index (χ3n) is 6.63. The first-order valence-corrected chi connectivity index (χ1v) is 11.6. The number of piperidine rings is 1. The second-order valence-electron chi connectivity index (χ2n) is 8.73. The van der Waals surface area contributed by atoms with Gasteiger partial charge in [-0.3, -0.25) is 4.90 Å².